The molecule has 4 nitrogen and oxygen atoms in total. The third kappa shape index (κ3) is 2.35. The summed E-state index contributed by atoms with van der Waals surface area (Å²) in [6.45, 7) is 0. The maximum Gasteiger partial charge on any atom is 0.291 e. The molecular formula is C15H8ClN3OS2. The van der Waals surface area contributed by atoms with Gasteiger partial charge in [-0.15, -0.1) is 16.4 Å². The lowest BCUT2D eigenvalue weighted by Gasteiger charge is -1.94. The summed E-state index contributed by atoms with van der Waals surface area (Å²) >= 11 is 8.90. The van der Waals surface area contributed by atoms with Crippen LogP contribution in [0.25, 0.3) is 22.4 Å². The van der Waals surface area contributed by atoms with Crippen molar-refractivity contribution in [3.8, 4) is 11.4 Å². The van der Waals surface area contributed by atoms with E-state index in [0.717, 1.165) is 10.4 Å². The molecule has 0 aliphatic rings. The molecule has 0 fully saturated rings. The van der Waals surface area contributed by atoms with Gasteiger partial charge in [-0.05, 0) is 29.7 Å². The fourth-order valence-corrected chi connectivity index (χ4v) is 3.91. The first-order chi connectivity index (χ1) is 10.7. The molecule has 0 radical (unpaired) electrons. The van der Waals surface area contributed by atoms with Crippen molar-refractivity contribution in [3.05, 3.63) is 66.6 Å². The molecule has 22 heavy (non-hydrogen) atoms. The Kier molecular flexibility index (Phi) is 3.29. The minimum Gasteiger partial charge on any atom is -0.266 e. The molecule has 0 atom stereocenters. The van der Waals surface area contributed by atoms with Crippen molar-refractivity contribution in [2.24, 2.45) is 0 Å². The van der Waals surface area contributed by atoms with Gasteiger partial charge >= 0.3 is 0 Å². The fourth-order valence-electron chi connectivity index (χ4n) is 2.09. The summed E-state index contributed by atoms with van der Waals surface area (Å²) in [5.74, 6) is 0.508. The van der Waals surface area contributed by atoms with Gasteiger partial charge in [0.2, 0.25) is 4.96 Å². The van der Waals surface area contributed by atoms with Gasteiger partial charge in [-0.25, -0.2) is 0 Å². The second kappa shape index (κ2) is 5.31. The number of hydrogen-bond donors (Lipinski definition) is 0. The van der Waals surface area contributed by atoms with Crippen LogP contribution in [0, 0.1) is 0 Å². The summed E-state index contributed by atoms with van der Waals surface area (Å²) in [4.78, 5) is 18.4. The van der Waals surface area contributed by atoms with Crippen molar-refractivity contribution in [1.82, 2.24) is 14.6 Å². The van der Waals surface area contributed by atoms with Crippen LogP contribution >= 0.6 is 34.3 Å². The third-order valence-corrected chi connectivity index (χ3v) is 5.09. The Labute approximate surface area is 137 Å². The molecule has 0 aliphatic carbocycles. The number of halogens is 1. The van der Waals surface area contributed by atoms with Gasteiger partial charge in [0.25, 0.3) is 5.56 Å². The Morgan fingerprint density at radius 2 is 2.14 bits per heavy atom. The van der Waals surface area contributed by atoms with Crippen LogP contribution in [0.2, 0.25) is 5.02 Å². The highest BCUT2D eigenvalue weighted by atomic mass is 35.5. The zero-order valence-electron chi connectivity index (χ0n) is 11.1. The van der Waals surface area contributed by atoms with Gasteiger partial charge < -0.3 is 0 Å². The average Bonchev–Trinajstić information content (AvgIpc) is 3.20. The maximum absolute atomic E-state index is 12.4. The average molecular weight is 346 g/mol. The topological polar surface area (TPSA) is 47.3 Å². The molecule has 0 unspecified atom stereocenters. The number of thiophene rings is 1. The zero-order chi connectivity index (χ0) is 15.1. The van der Waals surface area contributed by atoms with E-state index in [4.69, 9.17) is 11.6 Å². The number of benzene rings is 1. The molecular weight excluding hydrogens is 338 g/mol. The Balaban J connectivity index is 1.86. The van der Waals surface area contributed by atoms with E-state index in [1.165, 1.54) is 15.9 Å². The highest BCUT2D eigenvalue weighted by Gasteiger charge is 2.12. The van der Waals surface area contributed by atoms with E-state index in [9.17, 15) is 4.79 Å². The zero-order valence-corrected chi connectivity index (χ0v) is 13.5. The molecule has 0 aliphatic heterocycles. The van der Waals surface area contributed by atoms with Gasteiger partial charge in [0, 0.05) is 15.5 Å². The van der Waals surface area contributed by atoms with Gasteiger partial charge in [-0.2, -0.15) is 9.50 Å². The van der Waals surface area contributed by atoms with Crippen molar-refractivity contribution < 1.29 is 0 Å². The van der Waals surface area contributed by atoms with Crippen LogP contribution in [-0.2, 0) is 0 Å². The highest BCUT2D eigenvalue weighted by Crippen LogP contribution is 2.20. The van der Waals surface area contributed by atoms with Crippen LogP contribution in [0.15, 0.2) is 46.6 Å². The standard InChI is InChI=1S/C15H8ClN3OS2/c16-10-4-1-3-9(7-10)13-17-15-19(18-13)14(20)12(22-15)8-11-5-2-6-21-11/h1-8H. The molecule has 1 aromatic carbocycles. The summed E-state index contributed by atoms with van der Waals surface area (Å²) in [5.41, 5.74) is 0.653. The van der Waals surface area contributed by atoms with Gasteiger partial charge in [-0.3, -0.25) is 4.79 Å². The molecule has 0 saturated heterocycles. The highest BCUT2D eigenvalue weighted by molar-refractivity contribution is 7.15. The largest absolute Gasteiger partial charge is 0.291 e. The molecule has 0 amide bonds. The molecule has 4 aromatic rings. The molecule has 7 heteroatoms. The fraction of sp³-hybridized carbons (Fsp3) is 0. The Morgan fingerprint density at radius 1 is 1.23 bits per heavy atom. The minimum atomic E-state index is -0.144. The smallest absolute Gasteiger partial charge is 0.266 e. The summed E-state index contributed by atoms with van der Waals surface area (Å²) in [5, 5.41) is 6.89. The first-order valence-corrected chi connectivity index (χ1v) is 8.49. The Bertz CT molecular complexity index is 1070. The van der Waals surface area contributed by atoms with E-state index >= 15 is 0 Å². The lowest BCUT2D eigenvalue weighted by Crippen LogP contribution is -2.23. The molecule has 4 rings (SSSR count). The van der Waals surface area contributed by atoms with E-state index in [0.29, 0.717) is 20.3 Å². The van der Waals surface area contributed by atoms with Crippen LogP contribution in [0.4, 0.5) is 0 Å². The third-order valence-electron chi connectivity index (χ3n) is 3.08. The summed E-state index contributed by atoms with van der Waals surface area (Å²) in [6, 6.07) is 11.2. The summed E-state index contributed by atoms with van der Waals surface area (Å²) < 4.78 is 1.98. The van der Waals surface area contributed by atoms with Crippen LogP contribution in [0.3, 0.4) is 0 Å². The predicted molar refractivity (Wildman–Crippen MR) is 90.7 cm³/mol. The molecule has 0 spiro atoms. The normalized spacial score (nSPS) is 12.3. The molecule has 108 valence electrons. The van der Waals surface area contributed by atoms with Crippen molar-refractivity contribution in [2.75, 3.05) is 0 Å². The number of aromatic nitrogens is 3. The molecule has 0 N–H and O–H groups in total. The van der Waals surface area contributed by atoms with Crippen molar-refractivity contribution in [3.63, 3.8) is 0 Å². The van der Waals surface area contributed by atoms with Crippen LogP contribution in [0.1, 0.15) is 4.88 Å². The van der Waals surface area contributed by atoms with Crippen LogP contribution < -0.4 is 10.1 Å². The van der Waals surface area contributed by atoms with E-state index in [-0.39, 0.29) is 5.56 Å². The number of nitrogens with zero attached hydrogens (tertiary/aromatic N) is 3. The van der Waals surface area contributed by atoms with Crippen LogP contribution in [-0.4, -0.2) is 14.6 Å². The summed E-state index contributed by atoms with van der Waals surface area (Å²) in [6.07, 6.45) is 1.87. The summed E-state index contributed by atoms with van der Waals surface area (Å²) in [7, 11) is 0. The molecule has 0 bridgehead atoms. The number of thiazole rings is 1. The SMILES string of the molecule is O=c1c(=Cc2cccs2)sc2nc(-c3cccc(Cl)c3)nn12. The van der Waals surface area contributed by atoms with Gasteiger partial charge in [-0.1, -0.05) is 41.1 Å². The second-order valence-electron chi connectivity index (χ2n) is 4.57. The number of fused-ring (bicyclic) bond motifs is 1. The van der Waals surface area contributed by atoms with E-state index in [2.05, 4.69) is 10.1 Å². The van der Waals surface area contributed by atoms with Crippen molar-refractivity contribution in [1.29, 1.82) is 0 Å². The van der Waals surface area contributed by atoms with E-state index in [1.54, 1.807) is 23.5 Å². The van der Waals surface area contributed by atoms with Crippen LogP contribution in [0.5, 0.6) is 0 Å². The molecule has 0 saturated carbocycles. The monoisotopic (exact) mass is 345 g/mol. The van der Waals surface area contributed by atoms with Crippen molar-refractivity contribution in [2.45, 2.75) is 0 Å². The predicted octanol–water partition coefficient (Wildman–Crippen LogP) is 3.08. The van der Waals surface area contributed by atoms with Gasteiger partial charge in [0.15, 0.2) is 5.82 Å². The lowest BCUT2D eigenvalue weighted by atomic mass is 10.2. The maximum atomic E-state index is 12.4. The number of hydrogen-bond acceptors (Lipinski definition) is 5. The van der Waals surface area contributed by atoms with Gasteiger partial charge in [0.1, 0.15) is 0 Å². The lowest BCUT2D eigenvalue weighted by molar-refractivity contribution is 0.937. The quantitative estimate of drug-likeness (QED) is 0.561. The minimum absolute atomic E-state index is 0.144. The van der Waals surface area contributed by atoms with Crippen molar-refractivity contribution >= 4 is 45.3 Å². The van der Waals surface area contributed by atoms with E-state index in [1.807, 2.05) is 35.7 Å². The number of rotatable bonds is 2. The molecule has 3 aromatic heterocycles. The van der Waals surface area contributed by atoms with E-state index < -0.39 is 0 Å². The first-order valence-electron chi connectivity index (χ1n) is 6.41. The Morgan fingerprint density at radius 3 is 2.86 bits per heavy atom. The Hall–Kier alpha value is -2.02. The molecule has 3 heterocycles. The first kappa shape index (κ1) is 13.6. The second-order valence-corrected chi connectivity index (χ2v) is 7.00. The van der Waals surface area contributed by atoms with Gasteiger partial charge in [0.05, 0.1) is 4.53 Å².